The zero-order chi connectivity index (χ0) is 15.1. The summed E-state index contributed by atoms with van der Waals surface area (Å²) >= 11 is 0. The molecule has 1 aromatic carbocycles. The molecule has 1 saturated carbocycles. The highest BCUT2D eigenvalue weighted by molar-refractivity contribution is 5.47. The average molecular weight is 287 g/mol. The third-order valence-electron chi connectivity index (χ3n) is 6.15. The summed E-state index contributed by atoms with van der Waals surface area (Å²) in [5, 5.41) is 0. The van der Waals surface area contributed by atoms with E-state index in [0.717, 1.165) is 37.5 Å². The Hall–Kier alpha value is -1.02. The number of benzene rings is 1. The lowest BCUT2D eigenvalue weighted by Crippen LogP contribution is -2.43. The predicted molar refractivity (Wildman–Crippen MR) is 87.5 cm³/mol. The van der Waals surface area contributed by atoms with Gasteiger partial charge in [0.25, 0.3) is 0 Å². The van der Waals surface area contributed by atoms with Crippen molar-refractivity contribution in [2.45, 2.75) is 64.8 Å². The minimum absolute atomic E-state index is 0.185. The topological polar surface area (TPSA) is 35.2 Å². The molecule has 1 aromatic rings. The summed E-state index contributed by atoms with van der Waals surface area (Å²) in [4.78, 5) is 0. The van der Waals surface area contributed by atoms with Gasteiger partial charge in [0, 0.05) is 17.5 Å². The van der Waals surface area contributed by atoms with Crippen LogP contribution in [0.2, 0.25) is 0 Å². The minimum Gasteiger partial charge on any atom is -0.493 e. The lowest BCUT2D eigenvalue weighted by atomic mass is 9.64. The Kier molecular flexibility index (Phi) is 3.77. The molecule has 1 aliphatic heterocycles. The molecule has 2 N–H and O–H groups in total. The molecule has 0 amide bonds. The highest BCUT2D eigenvalue weighted by atomic mass is 16.5. The van der Waals surface area contributed by atoms with Crippen LogP contribution < -0.4 is 10.5 Å². The van der Waals surface area contributed by atoms with Gasteiger partial charge in [0.15, 0.2) is 0 Å². The fraction of sp³-hybridized carbons (Fsp3) is 0.684. The highest BCUT2D eigenvalue weighted by Gasteiger charge is 2.40. The van der Waals surface area contributed by atoms with Gasteiger partial charge in [-0.15, -0.1) is 0 Å². The number of hydrogen-bond acceptors (Lipinski definition) is 2. The fourth-order valence-corrected chi connectivity index (χ4v) is 4.08. The maximum absolute atomic E-state index is 6.82. The van der Waals surface area contributed by atoms with Crippen LogP contribution in [-0.4, -0.2) is 6.61 Å². The van der Waals surface area contributed by atoms with Gasteiger partial charge in [-0.25, -0.2) is 0 Å². The molecule has 0 atom stereocenters. The second-order valence-electron chi connectivity index (χ2n) is 7.66. The number of fused-ring (bicyclic) bond motifs is 1. The number of rotatable bonds is 3. The van der Waals surface area contributed by atoms with Crippen molar-refractivity contribution in [3.05, 3.63) is 29.3 Å². The van der Waals surface area contributed by atoms with Crippen molar-refractivity contribution in [2.75, 3.05) is 6.61 Å². The van der Waals surface area contributed by atoms with Crippen LogP contribution in [-0.2, 0) is 12.0 Å². The van der Waals surface area contributed by atoms with Crippen LogP contribution in [0.5, 0.6) is 5.75 Å². The van der Waals surface area contributed by atoms with Crippen LogP contribution >= 0.6 is 0 Å². The van der Waals surface area contributed by atoms with Crippen LogP contribution in [0.15, 0.2) is 18.2 Å². The molecule has 1 aliphatic carbocycles. The smallest absolute Gasteiger partial charge is 0.127 e. The van der Waals surface area contributed by atoms with E-state index in [2.05, 4.69) is 39.0 Å². The fourth-order valence-electron chi connectivity index (χ4n) is 4.08. The summed E-state index contributed by atoms with van der Waals surface area (Å²) in [5.74, 6) is 1.89. The van der Waals surface area contributed by atoms with Gasteiger partial charge >= 0.3 is 0 Å². The van der Waals surface area contributed by atoms with E-state index in [9.17, 15) is 0 Å². The first kappa shape index (κ1) is 14.9. The van der Waals surface area contributed by atoms with Crippen molar-refractivity contribution in [2.24, 2.45) is 17.1 Å². The molecular formula is C19H29NO. The van der Waals surface area contributed by atoms with E-state index in [1.807, 2.05) is 0 Å². The quantitative estimate of drug-likeness (QED) is 0.894. The molecule has 1 fully saturated rings. The van der Waals surface area contributed by atoms with E-state index < -0.39 is 0 Å². The van der Waals surface area contributed by atoms with E-state index in [0.29, 0.717) is 5.41 Å². The predicted octanol–water partition coefficient (Wildman–Crippen LogP) is 4.40. The second-order valence-corrected chi connectivity index (χ2v) is 7.66. The Morgan fingerprint density at radius 3 is 2.67 bits per heavy atom. The Morgan fingerprint density at radius 2 is 2.00 bits per heavy atom. The normalized spacial score (nSPS) is 29.0. The van der Waals surface area contributed by atoms with Crippen molar-refractivity contribution in [1.82, 2.24) is 0 Å². The monoisotopic (exact) mass is 287 g/mol. The summed E-state index contributed by atoms with van der Waals surface area (Å²) in [6, 6.07) is 6.52. The molecule has 21 heavy (non-hydrogen) atoms. The molecule has 116 valence electrons. The SMILES string of the molecule is CCC(C)(C)C1CCC(N)(c2cccc3c2OCC3)CC1. The molecule has 0 unspecified atom stereocenters. The lowest BCUT2D eigenvalue weighted by molar-refractivity contribution is 0.114. The lowest BCUT2D eigenvalue weighted by Gasteiger charge is -2.43. The maximum atomic E-state index is 6.82. The van der Waals surface area contributed by atoms with Gasteiger partial charge in [-0.2, -0.15) is 0 Å². The number of nitrogens with two attached hydrogens (primary N) is 1. The van der Waals surface area contributed by atoms with Crippen molar-refractivity contribution in [3.63, 3.8) is 0 Å². The highest BCUT2D eigenvalue weighted by Crippen LogP contribution is 2.48. The second kappa shape index (κ2) is 5.31. The van der Waals surface area contributed by atoms with E-state index in [1.165, 1.54) is 30.4 Å². The van der Waals surface area contributed by atoms with Crippen LogP contribution in [0.1, 0.15) is 64.0 Å². The molecule has 0 spiro atoms. The Morgan fingerprint density at radius 1 is 1.29 bits per heavy atom. The molecule has 0 aromatic heterocycles. The van der Waals surface area contributed by atoms with Crippen LogP contribution in [0.4, 0.5) is 0 Å². The van der Waals surface area contributed by atoms with Crippen molar-refractivity contribution >= 4 is 0 Å². The zero-order valence-electron chi connectivity index (χ0n) is 13.7. The largest absolute Gasteiger partial charge is 0.493 e. The van der Waals surface area contributed by atoms with Gasteiger partial charge in [-0.3, -0.25) is 0 Å². The first-order chi connectivity index (χ1) is 9.96. The van der Waals surface area contributed by atoms with Crippen LogP contribution in [0.25, 0.3) is 0 Å². The van der Waals surface area contributed by atoms with Gasteiger partial charge in [-0.1, -0.05) is 45.4 Å². The van der Waals surface area contributed by atoms with Gasteiger partial charge in [0.05, 0.1) is 6.61 Å². The summed E-state index contributed by atoms with van der Waals surface area (Å²) in [6.07, 6.45) is 6.92. The van der Waals surface area contributed by atoms with Crippen molar-refractivity contribution in [1.29, 1.82) is 0 Å². The summed E-state index contributed by atoms with van der Waals surface area (Å²) in [7, 11) is 0. The maximum Gasteiger partial charge on any atom is 0.127 e. The summed E-state index contributed by atoms with van der Waals surface area (Å²) in [6.45, 7) is 7.94. The van der Waals surface area contributed by atoms with Crippen molar-refractivity contribution in [3.8, 4) is 5.75 Å². The summed E-state index contributed by atoms with van der Waals surface area (Å²) in [5.41, 5.74) is 9.67. The molecular weight excluding hydrogens is 258 g/mol. The van der Waals surface area contributed by atoms with E-state index in [-0.39, 0.29) is 5.54 Å². The van der Waals surface area contributed by atoms with E-state index in [1.54, 1.807) is 0 Å². The molecule has 0 bridgehead atoms. The molecule has 0 radical (unpaired) electrons. The van der Waals surface area contributed by atoms with Gasteiger partial charge in [0.1, 0.15) is 5.75 Å². The van der Waals surface area contributed by atoms with E-state index in [4.69, 9.17) is 10.5 Å². The van der Waals surface area contributed by atoms with Gasteiger partial charge < -0.3 is 10.5 Å². The number of ether oxygens (including phenoxy) is 1. The van der Waals surface area contributed by atoms with Crippen molar-refractivity contribution < 1.29 is 4.74 Å². The minimum atomic E-state index is -0.185. The average Bonchev–Trinajstić information content (AvgIpc) is 2.96. The van der Waals surface area contributed by atoms with Crippen LogP contribution in [0.3, 0.4) is 0 Å². The van der Waals surface area contributed by atoms with Gasteiger partial charge in [0.2, 0.25) is 0 Å². The standard InChI is InChI=1S/C19H29NO/c1-4-18(2,3)15-8-11-19(20,12-9-15)16-7-5-6-14-10-13-21-17(14)16/h5-7,15H,4,8-13,20H2,1-3H3. The zero-order valence-corrected chi connectivity index (χ0v) is 13.7. The number of para-hydroxylation sites is 1. The third kappa shape index (κ3) is 2.59. The van der Waals surface area contributed by atoms with E-state index >= 15 is 0 Å². The Labute approximate surface area is 129 Å². The number of hydrogen-bond donors (Lipinski definition) is 1. The molecule has 2 heteroatoms. The molecule has 1 heterocycles. The Balaban J connectivity index is 1.80. The summed E-state index contributed by atoms with van der Waals surface area (Å²) < 4.78 is 5.88. The Bertz CT molecular complexity index is 512. The molecule has 2 nitrogen and oxygen atoms in total. The first-order valence-corrected chi connectivity index (χ1v) is 8.50. The first-order valence-electron chi connectivity index (χ1n) is 8.50. The molecule has 0 saturated heterocycles. The van der Waals surface area contributed by atoms with Crippen LogP contribution in [0, 0.1) is 11.3 Å². The van der Waals surface area contributed by atoms with Gasteiger partial charge in [-0.05, 0) is 42.6 Å². The molecule has 3 rings (SSSR count). The third-order valence-corrected chi connectivity index (χ3v) is 6.15. The molecule has 2 aliphatic rings.